The number of nitrogens with one attached hydrogen (secondary N) is 1. The molecule has 24 heavy (non-hydrogen) atoms. The van der Waals surface area contributed by atoms with Crippen LogP contribution in [-0.2, 0) is 6.54 Å². The lowest BCUT2D eigenvalue weighted by molar-refractivity contribution is 0.0816. The third-order valence-corrected chi connectivity index (χ3v) is 3.52. The minimum Gasteiger partial charge on any atom is -0.343 e. The molecular weight excluding hydrogens is 310 g/mol. The molecule has 0 saturated heterocycles. The van der Waals surface area contributed by atoms with Gasteiger partial charge in [0.05, 0.1) is 18.1 Å². The molecule has 9 nitrogen and oxygen atoms in total. The van der Waals surface area contributed by atoms with Gasteiger partial charge in [-0.15, -0.1) is 0 Å². The number of fused-ring (bicyclic) bond motifs is 1. The van der Waals surface area contributed by atoms with E-state index in [1.807, 2.05) is 6.92 Å². The highest BCUT2D eigenvalue weighted by molar-refractivity contribution is 6.10. The molecule has 3 rings (SSSR count). The van der Waals surface area contributed by atoms with Gasteiger partial charge in [0, 0.05) is 33.0 Å². The van der Waals surface area contributed by atoms with Crippen LogP contribution in [0, 0.1) is 0 Å². The Hall–Kier alpha value is -3.23. The Balaban J connectivity index is 1.95. The molecule has 0 aliphatic heterocycles. The molecule has 0 saturated carbocycles. The van der Waals surface area contributed by atoms with Crippen molar-refractivity contribution in [3.63, 3.8) is 0 Å². The first-order valence-corrected chi connectivity index (χ1v) is 7.40. The molecule has 0 fully saturated rings. The Morgan fingerprint density at radius 2 is 2.04 bits per heavy atom. The predicted molar refractivity (Wildman–Crippen MR) is 86.9 cm³/mol. The molecule has 0 atom stereocenters. The van der Waals surface area contributed by atoms with Crippen LogP contribution in [0.3, 0.4) is 0 Å². The number of amides is 2. The lowest BCUT2D eigenvalue weighted by Crippen LogP contribution is -2.26. The van der Waals surface area contributed by atoms with E-state index in [0.717, 1.165) is 0 Å². The van der Waals surface area contributed by atoms with Crippen molar-refractivity contribution in [3.05, 3.63) is 42.1 Å². The molecule has 3 aromatic rings. The quantitative estimate of drug-likeness (QED) is 0.768. The van der Waals surface area contributed by atoms with Crippen molar-refractivity contribution in [2.24, 2.45) is 0 Å². The van der Waals surface area contributed by atoms with Gasteiger partial charge in [-0.3, -0.25) is 14.3 Å². The predicted octanol–water partition coefficient (Wildman–Crippen LogP) is 0.900. The first-order valence-electron chi connectivity index (χ1n) is 7.40. The van der Waals surface area contributed by atoms with Crippen LogP contribution >= 0.6 is 0 Å². The highest BCUT2D eigenvalue weighted by atomic mass is 16.2. The average molecular weight is 327 g/mol. The van der Waals surface area contributed by atoms with E-state index in [-0.39, 0.29) is 5.91 Å². The second kappa shape index (κ2) is 6.11. The zero-order valence-corrected chi connectivity index (χ0v) is 13.6. The molecule has 0 bridgehead atoms. The Labute approximate surface area is 137 Å². The second-order valence-corrected chi connectivity index (χ2v) is 5.32. The number of hydrogen-bond donors (Lipinski definition) is 1. The summed E-state index contributed by atoms with van der Waals surface area (Å²) >= 11 is 0. The van der Waals surface area contributed by atoms with Gasteiger partial charge in [-0.05, 0) is 13.0 Å². The fourth-order valence-corrected chi connectivity index (χ4v) is 2.33. The van der Waals surface area contributed by atoms with Crippen LogP contribution in [0.4, 0.5) is 5.69 Å². The minimum atomic E-state index is -0.396. The number of carbonyl (C=O) groups is 2. The Kier molecular flexibility index (Phi) is 3.98. The van der Waals surface area contributed by atoms with E-state index in [1.165, 1.54) is 21.8 Å². The van der Waals surface area contributed by atoms with Gasteiger partial charge in [-0.25, -0.2) is 9.50 Å². The fraction of sp³-hybridized carbons (Fsp3) is 0.267. The van der Waals surface area contributed by atoms with Gasteiger partial charge in [-0.2, -0.15) is 10.2 Å². The van der Waals surface area contributed by atoms with Crippen LogP contribution < -0.4 is 5.32 Å². The van der Waals surface area contributed by atoms with Crippen molar-refractivity contribution in [1.29, 1.82) is 0 Å². The number of hydrogen-bond acceptors (Lipinski definition) is 5. The van der Waals surface area contributed by atoms with Crippen molar-refractivity contribution in [3.8, 4) is 0 Å². The summed E-state index contributed by atoms with van der Waals surface area (Å²) < 4.78 is 3.06. The van der Waals surface area contributed by atoms with Crippen LogP contribution in [0.5, 0.6) is 0 Å². The molecule has 124 valence electrons. The zero-order chi connectivity index (χ0) is 17.3. The normalized spacial score (nSPS) is 10.8. The van der Waals surface area contributed by atoms with Crippen molar-refractivity contribution < 1.29 is 9.59 Å². The van der Waals surface area contributed by atoms with Crippen molar-refractivity contribution in [2.45, 2.75) is 13.5 Å². The summed E-state index contributed by atoms with van der Waals surface area (Å²) in [6.45, 7) is 2.39. The van der Waals surface area contributed by atoms with Gasteiger partial charge in [0.15, 0.2) is 5.65 Å². The molecule has 0 spiro atoms. The topological polar surface area (TPSA) is 97.4 Å². The van der Waals surface area contributed by atoms with E-state index < -0.39 is 5.91 Å². The number of nitrogens with zero attached hydrogens (tertiary/aromatic N) is 6. The van der Waals surface area contributed by atoms with Crippen LogP contribution in [0.25, 0.3) is 5.65 Å². The van der Waals surface area contributed by atoms with Crippen molar-refractivity contribution >= 4 is 23.1 Å². The molecule has 0 aromatic carbocycles. The van der Waals surface area contributed by atoms with Crippen LogP contribution in [0.15, 0.2) is 30.9 Å². The van der Waals surface area contributed by atoms with E-state index in [2.05, 4.69) is 20.5 Å². The summed E-state index contributed by atoms with van der Waals surface area (Å²) in [5.41, 5.74) is 1.46. The Bertz CT molecular complexity index is 910. The minimum absolute atomic E-state index is 0.234. The summed E-state index contributed by atoms with van der Waals surface area (Å²) in [7, 11) is 3.30. The summed E-state index contributed by atoms with van der Waals surface area (Å²) in [4.78, 5) is 30.5. The third-order valence-electron chi connectivity index (χ3n) is 3.52. The SMILES string of the molecule is CCn1ncc(NC(=O)c2cnn3cccnc23)c1C(=O)N(C)C. The molecule has 0 radical (unpaired) electrons. The molecule has 3 aromatic heterocycles. The molecule has 9 heteroatoms. The molecule has 3 heterocycles. The maximum absolute atomic E-state index is 12.6. The van der Waals surface area contributed by atoms with Crippen molar-refractivity contribution in [2.75, 3.05) is 19.4 Å². The van der Waals surface area contributed by atoms with E-state index in [1.54, 1.807) is 37.2 Å². The van der Waals surface area contributed by atoms with Gasteiger partial charge in [0.25, 0.3) is 11.8 Å². The summed E-state index contributed by atoms with van der Waals surface area (Å²) in [6, 6.07) is 1.72. The van der Waals surface area contributed by atoms with Gasteiger partial charge in [0.1, 0.15) is 11.3 Å². The van der Waals surface area contributed by atoms with Gasteiger partial charge < -0.3 is 10.2 Å². The lowest BCUT2D eigenvalue weighted by atomic mass is 10.2. The van der Waals surface area contributed by atoms with E-state index in [4.69, 9.17) is 0 Å². The fourth-order valence-electron chi connectivity index (χ4n) is 2.33. The lowest BCUT2D eigenvalue weighted by Gasteiger charge is -2.13. The highest BCUT2D eigenvalue weighted by Crippen LogP contribution is 2.18. The largest absolute Gasteiger partial charge is 0.343 e. The van der Waals surface area contributed by atoms with Crippen molar-refractivity contribution in [1.82, 2.24) is 29.3 Å². The molecule has 0 unspecified atom stereocenters. The zero-order valence-electron chi connectivity index (χ0n) is 13.6. The van der Waals surface area contributed by atoms with Gasteiger partial charge in [-0.1, -0.05) is 0 Å². The summed E-state index contributed by atoms with van der Waals surface area (Å²) in [5, 5.41) is 11.0. The summed E-state index contributed by atoms with van der Waals surface area (Å²) in [5.74, 6) is -0.630. The second-order valence-electron chi connectivity index (χ2n) is 5.32. The first kappa shape index (κ1) is 15.7. The maximum Gasteiger partial charge on any atom is 0.273 e. The molecule has 1 N–H and O–H groups in total. The van der Waals surface area contributed by atoms with Gasteiger partial charge in [0.2, 0.25) is 0 Å². The maximum atomic E-state index is 12.6. The third kappa shape index (κ3) is 2.60. The molecular formula is C15H17N7O2. The van der Waals surface area contributed by atoms with E-state index >= 15 is 0 Å². The Morgan fingerprint density at radius 3 is 2.75 bits per heavy atom. The van der Waals surface area contributed by atoms with E-state index in [9.17, 15) is 9.59 Å². The number of aromatic nitrogens is 5. The van der Waals surface area contributed by atoms with E-state index in [0.29, 0.717) is 29.1 Å². The standard InChI is InChI=1S/C15H17N7O2/c1-4-21-12(15(24)20(2)3)11(9-18-21)19-14(23)10-8-17-22-7-5-6-16-13(10)22/h5-9H,4H2,1-3H3,(H,19,23). The molecule has 0 aliphatic carbocycles. The van der Waals surface area contributed by atoms with Gasteiger partial charge >= 0.3 is 0 Å². The molecule has 0 aliphatic rings. The highest BCUT2D eigenvalue weighted by Gasteiger charge is 2.22. The summed E-state index contributed by atoms with van der Waals surface area (Å²) in [6.07, 6.45) is 6.20. The first-order chi connectivity index (χ1) is 11.5. The number of aryl methyl sites for hydroxylation is 1. The monoisotopic (exact) mass is 327 g/mol. The van der Waals surface area contributed by atoms with Crippen LogP contribution in [0.1, 0.15) is 27.8 Å². The Morgan fingerprint density at radius 1 is 1.25 bits per heavy atom. The van der Waals surface area contributed by atoms with Crippen LogP contribution in [-0.4, -0.2) is 55.2 Å². The number of rotatable bonds is 4. The molecule has 2 amide bonds. The van der Waals surface area contributed by atoms with Crippen LogP contribution in [0.2, 0.25) is 0 Å². The average Bonchev–Trinajstić information content (AvgIpc) is 3.17. The smallest absolute Gasteiger partial charge is 0.273 e. The number of carbonyl (C=O) groups excluding carboxylic acids is 2. The number of anilines is 1.